The van der Waals surface area contributed by atoms with Crippen LogP contribution < -0.4 is 10.5 Å². The number of nitrogens with one attached hydrogen (secondary N) is 1. The van der Waals surface area contributed by atoms with Crippen LogP contribution in [-0.2, 0) is 44.0 Å². The molecule has 0 spiro atoms. The predicted octanol–water partition coefficient (Wildman–Crippen LogP) is 1.09. The molecule has 0 saturated heterocycles. The third-order valence-corrected chi connectivity index (χ3v) is 2.27. The van der Waals surface area contributed by atoms with Crippen molar-refractivity contribution < 1.29 is 41.5 Å². The molecule has 6 heteroatoms. The predicted molar refractivity (Wildman–Crippen MR) is 52.9 cm³/mol. The molecule has 75 valence electrons. The van der Waals surface area contributed by atoms with E-state index in [2.05, 4.69) is 4.72 Å². The van der Waals surface area contributed by atoms with Crippen molar-refractivity contribution in [3.8, 4) is 0 Å². The Bertz CT molecular complexity index is 357. The van der Waals surface area contributed by atoms with E-state index in [1.165, 1.54) is 0 Å². The monoisotopic (exact) mass is 288 g/mol. The fourth-order valence-electron chi connectivity index (χ4n) is 1.08. The van der Waals surface area contributed by atoms with Crippen LogP contribution in [0.25, 0.3) is 0 Å². The third-order valence-electron chi connectivity index (χ3n) is 1.88. The van der Waals surface area contributed by atoms with Crippen LogP contribution in [0.3, 0.4) is 0 Å². The molecule has 1 atom stereocenters. The normalized spacial score (nSPS) is 11.6. The first-order chi connectivity index (χ1) is 6.00. The van der Waals surface area contributed by atoms with E-state index in [1.54, 1.807) is 12.1 Å². The van der Waals surface area contributed by atoms with E-state index in [4.69, 9.17) is 5.73 Å². The first-order valence-electron chi connectivity index (χ1n) is 3.73. The Morgan fingerprint density at radius 2 is 2.00 bits per heavy atom. The number of aryl methyl sites for hydroxylation is 1. The zero-order chi connectivity index (χ0) is 10.0. The maximum absolute atomic E-state index is 10.4. The Morgan fingerprint density at radius 1 is 1.43 bits per heavy atom. The van der Waals surface area contributed by atoms with Crippen LogP contribution in [0, 0.1) is 13.8 Å². The molecule has 1 rings (SSSR count). The van der Waals surface area contributed by atoms with E-state index in [1.807, 2.05) is 13.8 Å². The molecule has 0 heterocycles. The van der Waals surface area contributed by atoms with Gasteiger partial charge in [0.05, 0.1) is 5.69 Å². The topological polar surface area (TPSA) is 78.2 Å². The summed E-state index contributed by atoms with van der Waals surface area (Å²) < 4.78 is 23.1. The molecule has 1 aromatic carbocycles. The summed E-state index contributed by atoms with van der Waals surface area (Å²) in [5.74, 6) is 0. The van der Waals surface area contributed by atoms with E-state index >= 15 is 0 Å². The Morgan fingerprint density at radius 3 is 2.50 bits per heavy atom. The van der Waals surface area contributed by atoms with Crippen molar-refractivity contribution in [3.05, 3.63) is 23.3 Å². The molecule has 3 N–H and O–H groups in total. The smallest absolute Gasteiger partial charge is 0.0504 e. The molecular weight excluding hydrogens is 277 g/mol. The van der Waals surface area contributed by atoms with Crippen LogP contribution in [0.5, 0.6) is 0 Å². The summed E-state index contributed by atoms with van der Waals surface area (Å²) in [4.78, 5) is 0. The fraction of sp³-hybridized carbons (Fsp3) is 0.250. The van der Waals surface area contributed by atoms with Crippen LogP contribution in [0.2, 0.25) is 0 Å². The number of hydrogen-bond donors (Lipinski definition) is 2. The van der Waals surface area contributed by atoms with Gasteiger partial charge in [-0.2, -0.15) is 0 Å². The van der Waals surface area contributed by atoms with Crippen molar-refractivity contribution in [2.45, 2.75) is 13.8 Å². The number of nitrogen functional groups attached to an aromatic ring is 1. The van der Waals surface area contributed by atoms with Gasteiger partial charge in [-0.1, -0.05) is 0 Å². The second kappa shape index (κ2) is 5.80. The first kappa shape index (κ1) is 14.0. The van der Waals surface area contributed by atoms with Crippen molar-refractivity contribution in [2.24, 2.45) is 0 Å². The number of benzene rings is 1. The van der Waals surface area contributed by atoms with Gasteiger partial charge >= 0.3 is 0 Å². The van der Waals surface area contributed by atoms with Crippen molar-refractivity contribution in [2.75, 3.05) is 10.5 Å². The minimum Gasteiger partial charge on any atom is -0.755 e. The molecule has 14 heavy (non-hydrogen) atoms. The van der Waals surface area contributed by atoms with Gasteiger partial charge < -0.3 is 15.0 Å². The summed E-state index contributed by atoms with van der Waals surface area (Å²) in [6, 6.07) is 3.40. The minimum absolute atomic E-state index is 0. The summed E-state index contributed by atoms with van der Waals surface area (Å²) in [5, 5.41) is 0. The Labute approximate surface area is 111 Å². The summed E-state index contributed by atoms with van der Waals surface area (Å²) in [7, 11) is 0. The van der Waals surface area contributed by atoms with Gasteiger partial charge in [0, 0.05) is 49.7 Å². The molecule has 0 fully saturated rings. The molecular formula is C8H11N2O2SY-. The minimum atomic E-state index is -2.30. The van der Waals surface area contributed by atoms with Gasteiger partial charge in [-0.3, -0.25) is 4.21 Å². The summed E-state index contributed by atoms with van der Waals surface area (Å²) in [6.45, 7) is 3.72. The molecule has 0 bridgehead atoms. The SMILES string of the molecule is Cc1cc(N)cc(NS(=O)[O-])c1C.[Y]. The molecule has 0 aliphatic rings. The van der Waals surface area contributed by atoms with E-state index in [9.17, 15) is 8.76 Å². The average Bonchev–Trinajstić information content (AvgIpc) is 1.98. The zero-order valence-corrected chi connectivity index (χ0v) is 11.7. The summed E-state index contributed by atoms with van der Waals surface area (Å²) >= 11 is -2.30. The maximum atomic E-state index is 10.4. The summed E-state index contributed by atoms with van der Waals surface area (Å²) in [6.07, 6.45) is 0. The first-order valence-corrected chi connectivity index (χ1v) is 4.81. The number of nitrogens with two attached hydrogens (primary N) is 1. The van der Waals surface area contributed by atoms with Crippen LogP contribution in [0.15, 0.2) is 12.1 Å². The molecule has 1 radical (unpaired) electrons. The number of anilines is 2. The molecule has 0 aromatic heterocycles. The molecule has 0 amide bonds. The van der Waals surface area contributed by atoms with Crippen molar-refractivity contribution >= 4 is 22.6 Å². The quantitative estimate of drug-likeness (QED) is 0.631. The van der Waals surface area contributed by atoms with Crippen molar-refractivity contribution in [1.82, 2.24) is 0 Å². The van der Waals surface area contributed by atoms with E-state index in [-0.39, 0.29) is 32.7 Å². The van der Waals surface area contributed by atoms with Crippen LogP contribution in [0.1, 0.15) is 11.1 Å². The fourth-order valence-corrected chi connectivity index (χ4v) is 1.47. The van der Waals surface area contributed by atoms with Gasteiger partial charge in [-0.05, 0) is 37.1 Å². The van der Waals surface area contributed by atoms with E-state index in [0.717, 1.165) is 11.1 Å². The van der Waals surface area contributed by atoms with E-state index in [0.29, 0.717) is 11.4 Å². The van der Waals surface area contributed by atoms with Gasteiger partial charge in [0.2, 0.25) is 0 Å². The van der Waals surface area contributed by atoms with E-state index < -0.39 is 11.3 Å². The van der Waals surface area contributed by atoms with Gasteiger partial charge in [0.25, 0.3) is 0 Å². The average molecular weight is 288 g/mol. The third kappa shape index (κ3) is 3.65. The molecule has 0 saturated carbocycles. The molecule has 4 nitrogen and oxygen atoms in total. The second-order valence-corrected chi connectivity index (χ2v) is 3.52. The molecule has 1 unspecified atom stereocenters. The summed E-state index contributed by atoms with van der Waals surface area (Å²) in [5.41, 5.74) is 8.50. The van der Waals surface area contributed by atoms with Crippen LogP contribution >= 0.6 is 0 Å². The Balaban J connectivity index is 0.00000169. The molecule has 0 aliphatic carbocycles. The van der Waals surface area contributed by atoms with Gasteiger partial charge in [0.15, 0.2) is 0 Å². The largest absolute Gasteiger partial charge is 0.755 e. The van der Waals surface area contributed by atoms with Gasteiger partial charge in [-0.25, -0.2) is 0 Å². The zero-order valence-electron chi connectivity index (χ0n) is 8.03. The molecule has 1 aromatic rings. The maximum Gasteiger partial charge on any atom is 0.0504 e. The second-order valence-electron chi connectivity index (χ2n) is 2.85. The van der Waals surface area contributed by atoms with Crippen LogP contribution in [0.4, 0.5) is 11.4 Å². The Kier molecular flexibility index (Phi) is 5.82. The Hall–Kier alpha value is 0.0339. The number of hydrogen-bond acceptors (Lipinski definition) is 3. The van der Waals surface area contributed by atoms with Gasteiger partial charge in [0.1, 0.15) is 0 Å². The number of rotatable bonds is 2. The van der Waals surface area contributed by atoms with Crippen molar-refractivity contribution in [1.29, 1.82) is 0 Å². The van der Waals surface area contributed by atoms with Crippen LogP contribution in [-0.4, -0.2) is 8.76 Å². The standard InChI is InChI=1S/C8H12N2O2S.Y/c1-5-3-7(9)4-8(6(5)2)10-13(11)12;/h3-4,10H,9H2,1-2H3,(H,11,12);/p-1. The van der Waals surface area contributed by atoms with Crippen molar-refractivity contribution in [3.63, 3.8) is 0 Å². The van der Waals surface area contributed by atoms with Gasteiger partial charge in [-0.15, -0.1) is 0 Å². The molecule has 0 aliphatic heterocycles.